The number of amides is 2. The fraction of sp³-hybridized carbons (Fsp3) is 0.312. The minimum absolute atomic E-state index is 0.355. The molecule has 0 saturated heterocycles. The van der Waals surface area contributed by atoms with E-state index in [1.54, 1.807) is 0 Å². The summed E-state index contributed by atoms with van der Waals surface area (Å²) in [5.41, 5.74) is 5.36. The summed E-state index contributed by atoms with van der Waals surface area (Å²) in [5, 5.41) is 0. The van der Waals surface area contributed by atoms with Gasteiger partial charge in [-0.25, -0.2) is 9.37 Å². The van der Waals surface area contributed by atoms with Gasteiger partial charge >= 0.3 is 0 Å². The molecule has 2 amide bonds. The zero-order valence-electron chi connectivity index (χ0n) is 12.6. The van der Waals surface area contributed by atoms with E-state index in [9.17, 15) is 14.0 Å². The average Bonchev–Trinajstić information content (AvgIpc) is 2.95. The lowest BCUT2D eigenvalue weighted by atomic mass is 9.90. The highest BCUT2D eigenvalue weighted by atomic mass is 32.1. The lowest BCUT2D eigenvalue weighted by Gasteiger charge is -2.16. The summed E-state index contributed by atoms with van der Waals surface area (Å²) in [5.74, 6) is -1.30. The highest BCUT2D eigenvalue weighted by Gasteiger charge is 2.21. The van der Waals surface area contributed by atoms with Crippen LogP contribution in [0.2, 0.25) is 0 Å². The molecule has 2 N–H and O–H groups in total. The van der Waals surface area contributed by atoms with Crippen LogP contribution in [0.4, 0.5) is 4.39 Å². The SMILES string of the molecule is CC1CCc2sc(C(=O)NNC(=O)c3ncccc3F)cc2C1. The largest absolute Gasteiger partial charge is 0.291 e. The predicted octanol–water partition coefficient (Wildman–Crippen LogP) is 2.48. The molecule has 2 heterocycles. The van der Waals surface area contributed by atoms with Crippen molar-refractivity contribution in [3.05, 3.63) is 51.2 Å². The monoisotopic (exact) mass is 333 g/mol. The molecule has 1 atom stereocenters. The summed E-state index contributed by atoms with van der Waals surface area (Å²) in [6.45, 7) is 2.20. The molecule has 0 spiro atoms. The third-order valence-electron chi connectivity index (χ3n) is 3.82. The van der Waals surface area contributed by atoms with Crippen LogP contribution in [-0.4, -0.2) is 16.8 Å². The van der Waals surface area contributed by atoms with Crippen LogP contribution in [0.5, 0.6) is 0 Å². The van der Waals surface area contributed by atoms with Crippen molar-refractivity contribution in [1.29, 1.82) is 0 Å². The molecule has 7 heteroatoms. The van der Waals surface area contributed by atoms with Crippen molar-refractivity contribution in [3.8, 4) is 0 Å². The Hall–Kier alpha value is -2.28. The quantitative estimate of drug-likeness (QED) is 0.830. The molecular formula is C16H16FN3O2S. The van der Waals surface area contributed by atoms with Crippen molar-refractivity contribution in [1.82, 2.24) is 15.8 Å². The van der Waals surface area contributed by atoms with Gasteiger partial charge in [-0.3, -0.25) is 20.4 Å². The maximum atomic E-state index is 13.4. The maximum absolute atomic E-state index is 13.4. The number of aromatic nitrogens is 1. The third-order valence-corrected chi connectivity index (χ3v) is 5.05. The Bertz CT molecular complexity index is 760. The first-order chi connectivity index (χ1) is 11.0. The first kappa shape index (κ1) is 15.6. The molecule has 0 saturated carbocycles. The van der Waals surface area contributed by atoms with Crippen LogP contribution in [0, 0.1) is 11.7 Å². The summed E-state index contributed by atoms with van der Waals surface area (Å²) in [6.07, 6.45) is 4.41. The number of fused-ring (bicyclic) bond motifs is 1. The van der Waals surface area contributed by atoms with E-state index in [2.05, 4.69) is 22.8 Å². The molecule has 2 aromatic heterocycles. The Morgan fingerprint density at radius 2 is 2.13 bits per heavy atom. The highest BCUT2D eigenvalue weighted by molar-refractivity contribution is 7.14. The van der Waals surface area contributed by atoms with Crippen molar-refractivity contribution in [3.63, 3.8) is 0 Å². The molecular weight excluding hydrogens is 317 g/mol. The molecule has 0 aliphatic heterocycles. The van der Waals surface area contributed by atoms with Crippen LogP contribution < -0.4 is 10.9 Å². The third kappa shape index (κ3) is 3.39. The van der Waals surface area contributed by atoms with Crippen LogP contribution in [0.3, 0.4) is 0 Å². The molecule has 0 aromatic carbocycles. The van der Waals surface area contributed by atoms with Crippen LogP contribution in [0.25, 0.3) is 0 Å². The number of hydrogen-bond donors (Lipinski definition) is 2. The number of thiophene rings is 1. The molecule has 3 rings (SSSR count). The molecule has 120 valence electrons. The van der Waals surface area contributed by atoms with E-state index in [0.717, 1.165) is 25.3 Å². The molecule has 0 bridgehead atoms. The summed E-state index contributed by atoms with van der Waals surface area (Å²) >= 11 is 1.44. The van der Waals surface area contributed by atoms with E-state index < -0.39 is 17.6 Å². The average molecular weight is 333 g/mol. The van der Waals surface area contributed by atoms with Gasteiger partial charge in [0.1, 0.15) is 0 Å². The van der Waals surface area contributed by atoms with Crippen molar-refractivity contribution in [2.24, 2.45) is 5.92 Å². The molecule has 1 aliphatic carbocycles. The van der Waals surface area contributed by atoms with Gasteiger partial charge in [0.25, 0.3) is 11.8 Å². The Morgan fingerprint density at radius 3 is 2.91 bits per heavy atom. The standard InChI is InChI=1S/C16H16FN3O2S/c1-9-4-5-12-10(7-9)8-13(23-12)15(21)19-20-16(22)14-11(17)3-2-6-18-14/h2-3,6,8-9H,4-5,7H2,1H3,(H,19,21)(H,20,22). The number of rotatable bonds is 2. The topological polar surface area (TPSA) is 71.1 Å². The fourth-order valence-corrected chi connectivity index (χ4v) is 3.71. The van der Waals surface area contributed by atoms with Crippen molar-refractivity contribution in [2.45, 2.75) is 26.2 Å². The normalized spacial score (nSPS) is 16.5. The first-order valence-electron chi connectivity index (χ1n) is 7.37. The number of aryl methyl sites for hydroxylation is 1. The number of nitrogens with zero attached hydrogens (tertiary/aromatic N) is 1. The second-order valence-corrected chi connectivity index (χ2v) is 6.79. The van der Waals surface area contributed by atoms with Crippen LogP contribution in [-0.2, 0) is 12.8 Å². The van der Waals surface area contributed by atoms with Gasteiger partial charge in [0.2, 0.25) is 0 Å². The summed E-state index contributed by atoms with van der Waals surface area (Å²) in [4.78, 5) is 29.4. The Morgan fingerprint density at radius 1 is 1.35 bits per heavy atom. The summed E-state index contributed by atoms with van der Waals surface area (Å²) in [6, 6.07) is 4.40. The summed E-state index contributed by atoms with van der Waals surface area (Å²) < 4.78 is 13.4. The van der Waals surface area contributed by atoms with E-state index in [1.165, 1.54) is 34.0 Å². The van der Waals surface area contributed by atoms with Gasteiger partial charge in [0.15, 0.2) is 11.5 Å². The molecule has 1 aliphatic rings. The zero-order chi connectivity index (χ0) is 16.4. The van der Waals surface area contributed by atoms with E-state index in [4.69, 9.17) is 0 Å². The minimum Gasteiger partial charge on any atom is -0.266 e. The minimum atomic E-state index is -0.786. The van der Waals surface area contributed by atoms with Gasteiger partial charge in [-0.1, -0.05) is 6.92 Å². The van der Waals surface area contributed by atoms with E-state index in [1.807, 2.05) is 6.07 Å². The van der Waals surface area contributed by atoms with Crippen LogP contribution >= 0.6 is 11.3 Å². The van der Waals surface area contributed by atoms with Gasteiger partial charge in [-0.2, -0.15) is 0 Å². The number of nitrogens with one attached hydrogen (secondary N) is 2. The first-order valence-corrected chi connectivity index (χ1v) is 8.19. The molecule has 0 fully saturated rings. The Kier molecular flexibility index (Phi) is 4.38. The Balaban J connectivity index is 1.64. The maximum Gasteiger partial charge on any atom is 0.291 e. The number of pyridine rings is 1. The number of hydrazine groups is 1. The number of halogens is 1. The van der Waals surface area contributed by atoms with E-state index >= 15 is 0 Å². The van der Waals surface area contributed by atoms with Gasteiger partial charge in [-0.15, -0.1) is 11.3 Å². The van der Waals surface area contributed by atoms with Crippen molar-refractivity contribution < 1.29 is 14.0 Å². The van der Waals surface area contributed by atoms with Gasteiger partial charge < -0.3 is 0 Å². The summed E-state index contributed by atoms with van der Waals surface area (Å²) in [7, 11) is 0. The van der Waals surface area contributed by atoms with Gasteiger partial charge in [0, 0.05) is 11.1 Å². The Labute approximate surface area is 136 Å². The predicted molar refractivity (Wildman–Crippen MR) is 84.6 cm³/mol. The number of hydrogen-bond acceptors (Lipinski definition) is 4. The fourth-order valence-electron chi connectivity index (χ4n) is 2.60. The van der Waals surface area contributed by atoms with E-state index in [0.29, 0.717) is 10.8 Å². The lowest BCUT2D eigenvalue weighted by molar-refractivity contribution is 0.0843. The number of carbonyl (C=O) groups is 2. The smallest absolute Gasteiger partial charge is 0.266 e. The zero-order valence-corrected chi connectivity index (χ0v) is 13.4. The van der Waals surface area contributed by atoms with Gasteiger partial charge in [0.05, 0.1) is 4.88 Å². The second-order valence-electron chi connectivity index (χ2n) is 5.65. The van der Waals surface area contributed by atoms with Crippen LogP contribution in [0.1, 0.15) is 43.9 Å². The van der Waals surface area contributed by atoms with Gasteiger partial charge in [-0.05, 0) is 48.9 Å². The van der Waals surface area contributed by atoms with Crippen molar-refractivity contribution in [2.75, 3.05) is 0 Å². The lowest BCUT2D eigenvalue weighted by Crippen LogP contribution is -2.42. The van der Waals surface area contributed by atoms with Crippen molar-refractivity contribution >= 4 is 23.2 Å². The highest BCUT2D eigenvalue weighted by Crippen LogP contribution is 2.32. The van der Waals surface area contributed by atoms with Crippen LogP contribution in [0.15, 0.2) is 24.4 Å². The molecule has 5 nitrogen and oxygen atoms in total. The van der Waals surface area contributed by atoms with E-state index in [-0.39, 0.29) is 5.69 Å². The molecule has 0 radical (unpaired) electrons. The molecule has 1 unspecified atom stereocenters. The molecule has 2 aromatic rings. The molecule has 23 heavy (non-hydrogen) atoms. The second kappa shape index (κ2) is 6.45. The number of carbonyl (C=O) groups excluding carboxylic acids is 2.